The lowest BCUT2D eigenvalue weighted by molar-refractivity contribution is -0.519. The molecule has 0 aromatic carbocycles. The smallest absolute Gasteiger partial charge is 0.103 e. The van der Waals surface area contributed by atoms with Crippen LogP contribution in [0, 0.1) is 5.92 Å². The van der Waals surface area contributed by atoms with E-state index in [1.54, 1.807) is 0 Å². The Balaban J connectivity index is 4.26. The predicted octanol–water partition coefficient (Wildman–Crippen LogP) is 4.16. The van der Waals surface area contributed by atoms with E-state index >= 15 is 0 Å². The van der Waals surface area contributed by atoms with Gasteiger partial charge in [0.25, 0.3) is 0 Å². The summed E-state index contributed by atoms with van der Waals surface area (Å²) in [7, 11) is 1.97. The number of azo groups is 2. The van der Waals surface area contributed by atoms with Gasteiger partial charge in [0.1, 0.15) is 6.04 Å². The third kappa shape index (κ3) is 6.33. The normalized spacial score (nSPS) is 16.8. The molecule has 0 saturated carbocycles. The molecule has 0 rings (SSSR count). The molecule has 0 aliphatic rings. The molecule has 0 spiro atoms. The molecule has 0 aromatic rings. The van der Waals surface area contributed by atoms with E-state index in [9.17, 15) is 0 Å². The van der Waals surface area contributed by atoms with Crippen molar-refractivity contribution >= 4 is 0 Å². The van der Waals surface area contributed by atoms with Crippen molar-refractivity contribution in [1.82, 2.24) is 0 Å². The summed E-state index contributed by atoms with van der Waals surface area (Å²) >= 11 is 0. The van der Waals surface area contributed by atoms with Gasteiger partial charge in [0.05, 0.1) is 0 Å². The minimum atomic E-state index is 0.167. The second-order valence-corrected chi connectivity index (χ2v) is 4.25. The second kappa shape index (κ2) is 8.03. The lowest BCUT2D eigenvalue weighted by Gasteiger charge is -2.01. The van der Waals surface area contributed by atoms with Gasteiger partial charge in [-0.15, -0.1) is 13.2 Å². The number of hydrogen-bond acceptors (Lipinski definition) is 1. The van der Waals surface area contributed by atoms with Gasteiger partial charge < -0.3 is 0 Å². The van der Waals surface area contributed by atoms with Crippen LogP contribution in [0.4, 0.5) is 0 Å². The van der Waals surface area contributed by atoms with Gasteiger partial charge in [0, 0.05) is 6.92 Å². The summed E-state index contributed by atoms with van der Waals surface area (Å²) in [4.78, 5) is 0. The Morgan fingerprint density at radius 2 is 1.94 bits per heavy atom. The molecule has 0 bridgehead atoms. The van der Waals surface area contributed by atoms with E-state index < -0.39 is 0 Å². The van der Waals surface area contributed by atoms with Gasteiger partial charge in [-0.2, -0.15) is 0 Å². The zero-order valence-corrected chi connectivity index (χ0v) is 11.1. The fourth-order valence-corrected chi connectivity index (χ4v) is 1.22. The minimum absolute atomic E-state index is 0.167. The SMILES string of the molecule is C=CC(C)CCC=C(C)[N+](C)=NC(C)C=C. The van der Waals surface area contributed by atoms with Crippen LogP contribution in [0.3, 0.4) is 0 Å². The first-order chi connectivity index (χ1) is 7.51. The molecular weight excluding hydrogens is 196 g/mol. The lowest BCUT2D eigenvalue weighted by atomic mass is 10.1. The fraction of sp³-hybridized carbons (Fsp3) is 0.571. The minimum Gasteiger partial charge on any atom is -0.103 e. The van der Waals surface area contributed by atoms with Crippen LogP contribution in [0.25, 0.3) is 0 Å². The number of hydrogen-bond donors (Lipinski definition) is 0. The highest BCUT2D eigenvalue weighted by Gasteiger charge is 2.05. The topological polar surface area (TPSA) is 15.4 Å². The van der Waals surface area contributed by atoms with Gasteiger partial charge in [0.15, 0.2) is 7.05 Å². The molecule has 2 nitrogen and oxygen atoms in total. The Morgan fingerprint density at radius 1 is 1.31 bits per heavy atom. The van der Waals surface area contributed by atoms with Gasteiger partial charge in [-0.05, 0) is 36.9 Å². The molecule has 2 atom stereocenters. The maximum absolute atomic E-state index is 4.44. The predicted molar refractivity (Wildman–Crippen MR) is 70.6 cm³/mol. The molecule has 16 heavy (non-hydrogen) atoms. The third-order valence-corrected chi connectivity index (χ3v) is 2.67. The Morgan fingerprint density at radius 3 is 2.44 bits per heavy atom. The van der Waals surface area contributed by atoms with Crippen molar-refractivity contribution in [2.45, 2.75) is 39.7 Å². The van der Waals surface area contributed by atoms with E-state index in [1.165, 1.54) is 5.70 Å². The van der Waals surface area contributed by atoms with Crippen molar-refractivity contribution in [1.29, 1.82) is 0 Å². The molecule has 0 saturated heterocycles. The Bertz CT molecular complexity index is 287. The number of allylic oxidation sites excluding steroid dienone is 3. The van der Waals surface area contributed by atoms with Gasteiger partial charge in [-0.3, -0.25) is 0 Å². The van der Waals surface area contributed by atoms with Gasteiger partial charge in [-0.1, -0.05) is 23.8 Å². The van der Waals surface area contributed by atoms with Gasteiger partial charge in [-0.25, -0.2) is 0 Å². The molecular formula is C14H25N2+. The summed E-state index contributed by atoms with van der Waals surface area (Å²) < 4.78 is 1.92. The molecule has 0 amide bonds. The summed E-state index contributed by atoms with van der Waals surface area (Å²) in [5.41, 5.74) is 1.19. The van der Waals surface area contributed by atoms with E-state index in [1.807, 2.05) is 30.8 Å². The van der Waals surface area contributed by atoms with Crippen molar-refractivity contribution < 1.29 is 4.70 Å². The van der Waals surface area contributed by atoms with Crippen LogP contribution in [0.2, 0.25) is 0 Å². The molecule has 0 heterocycles. The molecule has 90 valence electrons. The van der Waals surface area contributed by atoms with Gasteiger partial charge in [0.2, 0.25) is 5.70 Å². The van der Waals surface area contributed by atoms with Crippen molar-refractivity contribution in [3.63, 3.8) is 0 Å². The van der Waals surface area contributed by atoms with E-state index in [4.69, 9.17) is 0 Å². The van der Waals surface area contributed by atoms with Crippen molar-refractivity contribution in [2.24, 2.45) is 11.0 Å². The molecule has 0 N–H and O–H groups in total. The molecule has 2 heteroatoms. The first-order valence-corrected chi connectivity index (χ1v) is 5.87. The van der Waals surface area contributed by atoms with Crippen LogP contribution in [-0.2, 0) is 0 Å². The second-order valence-electron chi connectivity index (χ2n) is 4.25. The van der Waals surface area contributed by atoms with Crippen LogP contribution in [-0.4, -0.2) is 17.8 Å². The van der Waals surface area contributed by atoms with Crippen molar-refractivity contribution in [3.8, 4) is 0 Å². The summed E-state index contributed by atoms with van der Waals surface area (Å²) in [5, 5.41) is 4.44. The molecule has 2 unspecified atom stereocenters. The van der Waals surface area contributed by atoms with Crippen LogP contribution in [0.15, 0.2) is 42.2 Å². The zero-order chi connectivity index (χ0) is 12.6. The first-order valence-electron chi connectivity index (χ1n) is 5.87. The number of rotatable bonds is 7. The quantitative estimate of drug-likeness (QED) is 0.348. The average molecular weight is 221 g/mol. The zero-order valence-electron chi connectivity index (χ0n) is 11.1. The highest BCUT2D eigenvalue weighted by atomic mass is 15.3. The summed E-state index contributed by atoms with van der Waals surface area (Å²) in [5.74, 6) is 0.582. The monoisotopic (exact) mass is 221 g/mol. The Labute approximate surface area is 100 Å². The van der Waals surface area contributed by atoms with E-state index in [0.717, 1.165) is 12.8 Å². The molecule has 0 radical (unpaired) electrons. The molecule has 0 aliphatic carbocycles. The average Bonchev–Trinajstić information content (AvgIpc) is 2.28. The summed E-state index contributed by atoms with van der Waals surface area (Å²) in [6.07, 6.45) is 8.27. The van der Waals surface area contributed by atoms with E-state index in [0.29, 0.717) is 5.92 Å². The standard InChI is InChI=1S/C14H25N2/c1-7-12(3)10-9-11-14(5)16(6)15-13(4)8-2/h7-8,11-13H,1-2,9-10H2,3-6H3/q+1. The van der Waals surface area contributed by atoms with Crippen molar-refractivity contribution in [2.75, 3.05) is 7.05 Å². The summed E-state index contributed by atoms with van der Waals surface area (Å²) in [6, 6.07) is 0.167. The molecule has 0 aromatic heterocycles. The van der Waals surface area contributed by atoms with Gasteiger partial charge >= 0.3 is 0 Å². The molecule has 0 aliphatic heterocycles. The van der Waals surface area contributed by atoms with Crippen LogP contribution in [0.1, 0.15) is 33.6 Å². The van der Waals surface area contributed by atoms with E-state index in [2.05, 4.69) is 38.2 Å². The number of nitrogens with zero attached hydrogens (tertiary/aromatic N) is 2. The van der Waals surface area contributed by atoms with Crippen LogP contribution >= 0.6 is 0 Å². The highest BCUT2D eigenvalue weighted by molar-refractivity contribution is 4.88. The summed E-state index contributed by atoms with van der Waals surface area (Å²) in [6.45, 7) is 13.8. The van der Waals surface area contributed by atoms with Crippen LogP contribution < -0.4 is 0 Å². The fourth-order valence-electron chi connectivity index (χ4n) is 1.22. The molecule has 0 fully saturated rings. The van der Waals surface area contributed by atoms with Crippen molar-refractivity contribution in [3.05, 3.63) is 37.1 Å². The largest absolute Gasteiger partial charge is 0.200 e. The highest BCUT2D eigenvalue weighted by Crippen LogP contribution is 2.09. The maximum atomic E-state index is 4.44. The van der Waals surface area contributed by atoms with Crippen LogP contribution in [0.5, 0.6) is 0 Å². The maximum Gasteiger partial charge on any atom is 0.200 e. The lowest BCUT2D eigenvalue weighted by Crippen LogP contribution is -2.05. The van der Waals surface area contributed by atoms with E-state index in [-0.39, 0.29) is 6.04 Å². The first kappa shape index (κ1) is 14.8. The Kier molecular flexibility index (Phi) is 7.44. The Hall–Kier alpha value is -1.18. The third-order valence-electron chi connectivity index (χ3n) is 2.67.